The largest absolute Gasteiger partial charge is 0.316 e. The molecule has 0 bridgehead atoms. The highest BCUT2D eigenvalue weighted by molar-refractivity contribution is 7.91. The van der Waals surface area contributed by atoms with E-state index in [1.54, 1.807) is 0 Å². The fourth-order valence-corrected chi connectivity index (χ4v) is 4.97. The molecule has 4 heteroatoms. The lowest BCUT2D eigenvalue weighted by atomic mass is 9.73. The van der Waals surface area contributed by atoms with Crippen molar-refractivity contribution in [2.75, 3.05) is 24.6 Å². The molecule has 21 heavy (non-hydrogen) atoms. The van der Waals surface area contributed by atoms with Crippen LogP contribution in [0.1, 0.15) is 59.8 Å². The molecule has 1 N–H and O–H groups in total. The Morgan fingerprint density at radius 1 is 1.14 bits per heavy atom. The Bertz CT molecular complexity index is 378. The molecule has 1 fully saturated rings. The molecule has 0 aromatic carbocycles. The molecular weight excluding hydrogens is 282 g/mol. The first-order chi connectivity index (χ1) is 9.84. The predicted octanol–water partition coefficient (Wildman–Crippen LogP) is 3.50. The molecule has 126 valence electrons. The van der Waals surface area contributed by atoms with Gasteiger partial charge in [0.15, 0.2) is 0 Å². The fourth-order valence-electron chi connectivity index (χ4n) is 3.49. The molecule has 0 aromatic heterocycles. The third-order valence-electron chi connectivity index (χ3n) is 4.68. The van der Waals surface area contributed by atoms with Crippen LogP contribution < -0.4 is 5.32 Å². The Kier molecular flexibility index (Phi) is 8.25. The summed E-state index contributed by atoms with van der Waals surface area (Å²) in [5.41, 5.74) is 0. The summed E-state index contributed by atoms with van der Waals surface area (Å²) in [6, 6.07) is 0. The van der Waals surface area contributed by atoms with Gasteiger partial charge in [0.05, 0.1) is 5.75 Å². The van der Waals surface area contributed by atoms with Crippen molar-refractivity contribution in [2.45, 2.75) is 59.8 Å². The number of sulfone groups is 1. The Morgan fingerprint density at radius 2 is 1.86 bits per heavy atom. The zero-order valence-electron chi connectivity index (χ0n) is 14.4. The van der Waals surface area contributed by atoms with Gasteiger partial charge in [0.2, 0.25) is 0 Å². The lowest BCUT2D eigenvalue weighted by molar-refractivity contribution is 0.179. The number of nitrogens with one attached hydrogen (secondary N) is 1. The molecule has 0 radical (unpaired) electrons. The van der Waals surface area contributed by atoms with Gasteiger partial charge in [0.25, 0.3) is 0 Å². The molecule has 3 unspecified atom stereocenters. The van der Waals surface area contributed by atoms with Gasteiger partial charge >= 0.3 is 0 Å². The summed E-state index contributed by atoms with van der Waals surface area (Å²) in [7, 11) is -2.83. The maximum absolute atomic E-state index is 11.9. The first-order valence-electron chi connectivity index (χ1n) is 8.75. The molecule has 1 aliphatic rings. The molecule has 3 atom stereocenters. The SMILES string of the molecule is CCCS(=O)(=O)CCC1CC(C)CCC1CNCC(C)C. The van der Waals surface area contributed by atoms with E-state index in [-0.39, 0.29) is 0 Å². The average molecular weight is 318 g/mol. The van der Waals surface area contributed by atoms with Crippen LogP contribution in [0.5, 0.6) is 0 Å². The van der Waals surface area contributed by atoms with Gasteiger partial charge in [-0.1, -0.05) is 34.1 Å². The highest BCUT2D eigenvalue weighted by Gasteiger charge is 2.29. The Labute approximate surface area is 132 Å². The van der Waals surface area contributed by atoms with Gasteiger partial charge in [-0.15, -0.1) is 0 Å². The minimum atomic E-state index is -2.83. The minimum absolute atomic E-state index is 0.353. The summed E-state index contributed by atoms with van der Waals surface area (Å²) in [6.45, 7) is 10.8. The van der Waals surface area contributed by atoms with Crippen molar-refractivity contribution < 1.29 is 8.42 Å². The monoisotopic (exact) mass is 317 g/mol. The molecule has 1 rings (SSSR count). The first kappa shape index (κ1) is 19.0. The van der Waals surface area contributed by atoms with Crippen molar-refractivity contribution in [3.05, 3.63) is 0 Å². The lowest BCUT2D eigenvalue weighted by Gasteiger charge is -2.35. The van der Waals surface area contributed by atoms with E-state index in [0.29, 0.717) is 29.3 Å². The van der Waals surface area contributed by atoms with Gasteiger partial charge in [-0.25, -0.2) is 8.42 Å². The van der Waals surface area contributed by atoms with Gasteiger partial charge in [0.1, 0.15) is 9.84 Å². The molecule has 1 saturated carbocycles. The summed E-state index contributed by atoms with van der Waals surface area (Å²) in [6.07, 6.45) is 5.36. The van der Waals surface area contributed by atoms with E-state index < -0.39 is 9.84 Å². The van der Waals surface area contributed by atoms with Crippen molar-refractivity contribution in [3.63, 3.8) is 0 Å². The summed E-state index contributed by atoms with van der Waals surface area (Å²) in [5, 5.41) is 3.57. The Hall–Kier alpha value is -0.0900. The van der Waals surface area contributed by atoms with E-state index in [1.807, 2.05) is 6.92 Å². The highest BCUT2D eigenvalue weighted by Crippen LogP contribution is 2.35. The topological polar surface area (TPSA) is 46.2 Å². The van der Waals surface area contributed by atoms with Gasteiger partial charge in [0, 0.05) is 5.75 Å². The van der Waals surface area contributed by atoms with Crippen molar-refractivity contribution in [1.82, 2.24) is 5.32 Å². The minimum Gasteiger partial charge on any atom is -0.316 e. The molecule has 0 saturated heterocycles. The van der Waals surface area contributed by atoms with Gasteiger partial charge in [-0.3, -0.25) is 0 Å². The van der Waals surface area contributed by atoms with Crippen molar-refractivity contribution in [2.24, 2.45) is 23.7 Å². The maximum atomic E-state index is 11.9. The van der Waals surface area contributed by atoms with Crippen LogP contribution >= 0.6 is 0 Å². The van der Waals surface area contributed by atoms with E-state index in [1.165, 1.54) is 19.3 Å². The van der Waals surface area contributed by atoms with E-state index in [2.05, 4.69) is 26.1 Å². The Balaban J connectivity index is 2.48. The van der Waals surface area contributed by atoms with Crippen molar-refractivity contribution in [3.8, 4) is 0 Å². The second-order valence-corrected chi connectivity index (χ2v) is 9.73. The molecular formula is C17H35NO2S. The number of rotatable bonds is 9. The molecule has 0 aliphatic heterocycles. The maximum Gasteiger partial charge on any atom is 0.150 e. The first-order valence-corrected chi connectivity index (χ1v) is 10.6. The van der Waals surface area contributed by atoms with Gasteiger partial charge < -0.3 is 5.32 Å². The summed E-state index contributed by atoms with van der Waals surface area (Å²) >= 11 is 0. The molecule has 3 nitrogen and oxygen atoms in total. The number of hydrogen-bond acceptors (Lipinski definition) is 3. The normalized spacial score (nSPS) is 27.2. The predicted molar refractivity (Wildman–Crippen MR) is 91.3 cm³/mol. The second-order valence-electron chi connectivity index (χ2n) is 7.43. The van der Waals surface area contributed by atoms with Crippen LogP contribution in [0, 0.1) is 23.7 Å². The van der Waals surface area contributed by atoms with Crippen LogP contribution in [0.2, 0.25) is 0 Å². The van der Waals surface area contributed by atoms with Crippen LogP contribution in [0.15, 0.2) is 0 Å². The van der Waals surface area contributed by atoms with Crippen LogP contribution in [0.25, 0.3) is 0 Å². The average Bonchev–Trinajstić information content (AvgIpc) is 2.38. The van der Waals surface area contributed by atoms with Gasteiger partial charge in [-0.2, -0.15) is 0 Å². The smallest absolute Gasteiger partial charge is 0.150 e. The molecule has 0 aromatic rings. The van der Waals surface area contributed by atoms with Crippen LogP contribution in [0.3, 0.4) is 0 Å². The van der Waals surface area contributed by atoms with Crippen LogP contribution in [0.4, 0.5) is 0 Å². The van der Waals surface area contributed by atoms with E-state index in [0.717, 1.165) is 31.8 Å². The fraction of sp³-hybridized carbons (Fsp3) is 1.00. The summed E-state index contributed by atoms with van der Waals surface area (Å²) in [4.78, 5) is 0. The third kappa shape index (κ3) is 7.64. The second kappa shape index (κ2) is 9.14. The molecule has 1 aliphatic carbocycles. The van der Waals surface area contributed by atoms with Crippen LogP contribution in [-0.4, -0.2) is 33.0 Å². The zero-order chi connectivity index (χ0) is 15.9. The zero-order valence-corrected chi connectivity index (χ0v) is 15.2. The molecule has 0 spiro atoms. The standard InChI is InChI=1S/C17H35NO2S/c1-5-9-21(19,20)10-8-16-11-15(4)6-7-17(16)13-18-12-14(2)3/h14-18H,5-13H2,1-4H3. The van der Waals surface area contributed by atoms with Crippen molar-refractivity contribution in [1.29, 1.82) is 0 Å². The van der Waals surface area contributed by atoms with E-state index in [4.69, 9.17) is 0 Å². The quantitative estimate of drug-likeness (QED) is 0.708. The summed E-state index contributed by atoms with van der Waals surface area (Å²) < 4.78 is 23.9. The highest BCUT2D eigenvalue weighted by atomic mass is 32.2. The molecule has 0 amide bonds. The Morgan fingerprint density at radius 3 is 2.48 bits per heavy atom. The van der Waals surface area contributed by atoms with E-state index >= 15 is 0 Å². The van der Waals surface area contributed by atoms with Crippen LogP contribution in [-0.2, 0) is 9.84 Å². The molecule has 0 heterocycles. The third-order valence-corrected chi connectivity index (χ3v) is 6.56. The lowest BCUT2D eigenvalue weighted by Crippen LogP contribution is -2.35. The summed E-state index contributed by atoms with van der Waals surface area (Å²) in [5.74, 6) is 3.42. The van der Waals surface area contributed by atoms with E-state index in [9.17, 15) is 8.42 Å². The van der Waals surface area contributed by atoms with Crippen molar-refractivity contribution >= 4 is 9.84 Å². The number of hydrogen-bond donors (Lipinski definition) is 1. The van der Waals surface area contributed by atoms with Gasteiger partial charge in [-0.05, 0) is 62.4 Å².